The molecule has 1 aliphatic rings. The zero-order valence-corrected chi connectivity index (χ0v) is 13.3. The molecule has 116 valence electrons. The van der Waals surface area contributed by atoms with Gasteiger partial charge in [0.25, 0.3) is 5.89 Å². The normalized spacial score (nSPS) is 17.9. The van der Waals surface area contributed by atoms with Gasteiger partial charge in [0.2, 0.25) is 0 Å². The van der Waals surface area contributed by atoms with Gasteiger partial charge in [0, 0.05) is 6.08 Å². The van der Waals surface area contributed by atoms with Crippen LogP contribution in [0.4, 0.5) is 0 Å². The molecule has 1 aliphatic carbocycles. The summed E-state index contributed by atoms with van der Waals surface area (Å²) in [5.41, 5.74) is 9.58. The third kappa shape index (κ3) is 2.97. The molecule has 1 fully saturated rings. The van der Waals surface area contributed by atoms with E-state index in [9.17, 15) is 0 Å². The minimum Gasteiger partial charge on any atom is -0.335 e. The average Bonchev–Trinajstić information content (AvgIpc) is 3.17. The first-order valence-corrected chi connectivity index (χ1v) is 8.01. The van der Waals surface area contributed by atoms with Crippen LogP contribution in [0.1, 0.15) is 62.4 Å². The van der Waals surface area contributed by atoms with Gasteiger partial charge < -0.3 is 10.3 Å². The molecule has 0 amide bonds. The Balaban J connectivity index is 1.80. The average molecular weight is 297 g/mol. The molecule has 0 bridgehead atoms. The van der Waals surface area contributed by atoms with Crippen molar-refractivity contribution in [3.05, 3.63) is 47.1 Å². The van der Waals surface area contributed by atoms with Gasteiger partial charge in [-0.3, -0.25) is 0 Å². The van der Waals surface area contributed by atoms with Crippen LogP contribution in [-0.2, 0) is 12.0 Å². The lowest BCUT2D eigenvalue weighted by Crippen LogP contribution is -2.34. The van der Waals surface area contributed by atoms with Crippen molar-refractivity contribution in [1.29, 1.82) is 0 Å². The van der Waals surface area contributed by atoms with Gasteiger partial charge in [-0.1, -0.05) is 49.2 Å². The number of aryl methyl sites for hydroxylation is 1. The number of allylic oxidation sites excluding steroid dienone is 1. The first-order valence-electron chi connectivity index (χ1n) is 8.01. The largest absolute Gasteiger partial charge is 0.335 e. The smallest absolute Gasteiger partial charge is 0.250 e. The van der Waals surface area contributed by atoms with Crippen molar-refractivity contribution in [2.24, 2.45) is 5.73 Å². The van der Waals surface area contributed by atoms with Gasteiger partial charge in [-0.2, -0.15) is 4.98 Å². The van der Waals surface area contributed by atoms with Crippen LogP contribution in [0.5, 0.6) is 0 Å². The van der Waals surface area contributed by atoms with Crippen LogP contribution in [0.2, 0.25) is 0 Å². The van der Waals surface area contributed by atoms with Crippen molar-refractivity contribution in [1.82, 2.24) is 10.1 Å². The van der Waals surface area contributed by atoms with Gasteiger partial charge in [0.15, 0.2) is 5.82 Å². The van der Waals surface area contributed by atoms with Crippen molar-refractivity contribution in [2.75, 3.05) is 0 Å². The highest BCUT2D eigenvalue weighted by Gasteiger charge is 2.35. The van der Waals surface area contributed by atoms with Crippen LogP contribution in [0.3, 0.4) is 0 Å². The van der Waals surface area contributed by atoms with Crippen molar-refractivity contribution < 1.29 is 4.52 Å². The lowest BCUT2D eigenvalue weighted by molar-refractivity contribution is 0.364. The summed E-state index contributed by atoms with van der Waals surface area (Å²) in [4.78, 5) is 4.48. The summed E-state index contributed by atoms with van der Waals surface area (Å²) in [6, 6.07) is 8.56. The van der Waals surface area contributed by atoms with Gasteiger partial charge in [0.1, 0.15) is 0 Å². The van der Waals surface area contributed by atoms with E-state index in [2.05, 4.69) is 48.3 Å². The molecular weight excluding hydrogens is 274 g/mol. The molecule has 3 rings (SSSR count). The predicted molar refractivity (Wildman–Crippen MR) is 88.0 cm³/mol. The predicted octanol–water partition coefficient (Wildman–Crippen LogP) is 3.92. The maximum Gasteiger partial charge on any atom is 0.250 e. The second kappa shape index (κ2) is 6.05. The summed E-state index contributed by atoms with van der Waals surface area (Å²) in [5, 5.41) is 4.09. The summed E-state index contributed by atoms with van der Waals surface area (Å²) >= 11 is 0. The molecule has 2 N–H and O–H groups in total. The third-order valence-corrected chi connectivity index (χ3v) is 4.54. The van der Waals surface area contributed by atoms with Crippen LogP contribution in [0, 0.1) is 0 Å². The van der Waals surface area contributed by atoms with Crippen LogP contribution < -0.4 is 5.73 Å². The van der Waals surface area contributed by atoms with E-state index in [0.717, 1.165) is 37.7 Å². The van der Waals surface area contributed by atoms with Crippen LogP contribution in [-0.4, -0.2) is 10.1 Å². The van der Waals surface area contributed by atoms with Gasteiger partial charge in [-0.05, 0) is 42.9 Å². The van der Waals surface area contributed by atoms with Crippen molar-refractivity contribution >= 4 is 11.6 Å². The van der Waals surface area contributed by atoms with E-state index in [0.29, 0.717) is 11.7 Å². The molecule has 0 aliphatic heterocycles. The number of nitrogens with zero attached hydrogens (tertiary/aromatic N) is 2. The molecule has 1 saturated carbocycles. The highest BCUT2D eigenvalue weighted by atomic mass is 16.5. The fraction of sp³-hybridized carbons (Fsp3) is 0.444. The van der Waals surface area contributed by atoms with E-state index in [1.165, 1.54) is 11.1 Å². The molecule has 0 spiro atoms. The lowest BCUT2D eigenvalue weighted by atomic mass is 9.99. The van der Waals surface area contributed by atoms with Crippen molar-refractivity contribution in [2.45, 2.75) is 51.5 Å². The standard InChI is InChI=1S/C18H23N3O/c1-3-14-6-8-15(9-7-14)13(2)12-16-20-17(21-22-16)18(19)10-4-5-11-18/h6-9,12H,3-5,10-11,19H2,1-2H3/b13-12+. The minimum atomic E-state index is -0.397. The Morgan fingerprint density at radius 2 is 1.95 bits per heavy atom. The van der Waals surface area contributed by atoms with Crippen molar-refractivity contribution in [3.63, 3.8) is 0 Å². The first-order chi connectivity index (χ1) is 10.6. The number of hydrogen-bond acceptors (Lipinski definition) is 4. The zero-order chi connectivity index (χ0) is 15.6. The number of hydrogen-bond donors (Lipinski definition) is 1. The Hall–Kier alpha value is -1.94. The van der Waals surface area contributed by atoms with Crippen LogP contribution in [0.15, 0.2) is 28.8 Å². The van der Waals surface area contributed by atoms with Crippen LogP contribution in [0.25, 0.3) is 11.6 Å². The molecule has 0 unspecified atom stereocenters. The maximum absolute atomic E-state index is 6.36. The molecule has 4 nitrogen and oxygen atoms in total. The number of benzene rings is 1. The van der Waals surface area contributed by atoms with E-state index in [1.807, 2.05) is 6.08 Å². The second-order valence-corrected chi connectivity index (χ2v) is 6.20. The number of aromatic nitrogens is 2. The van der Waals surface area contributed by atoms with E-state index in [1.54, 1.807) is 0 Å². The minimum absolute atomic E-state index is 0.397. The Kier molecular flexibility index (Phi) is 4.12. The monoisotopic (exact) mass is 297 g/mol. The molecule has 0 atom stereocenters. The molecule has 0 radical (unpaired) electrons. The number of nitrogens with two attached hydrogens (primary N) is 1. The maximum atomic E-state index is 6.36. The van der Waals surface area contributed by atoms with E-state index in [-0.39, 0.29) is 0 Å². The quantitative estimate of drug-likeness (QED) is 0.929. The molecule has 2 aromatic rings. The lowest BCUT2D eigenvalue weighted by Gasteiger charge is -2.17. The zero-order valence-electron chi connectivity index (χ0n) is 13.3. The number of rotatable bonds is 4. The fourth-order valence-electron chi connectivity index (χ4n) is 3.00. The third-order valence-electron chi connectivity index (χ3n) is 4.54. The Morgan fingerprint density at radius 1 is 1.27 bits per heavy atom. The summed E-state index contributed by atoms with van der Waals surface area (Å²) in [6.07, 6.45) is 7.13. The fourth-order valence-corrected chi connectivity index (χ4v) is 3.00. The van der Waals surface area contributed by atoms with Gasteiger partial charge in [-0.15, -0.1) is 0 Å². The molecule has 4 heteroatoms. The first kappa shape index (κ1) is 15.0. The second-order valence-electron chi connectivity index (χ2n) is 6.20. The Labute approximate surface area is 131 Å². The van der Waals surface area contributed by atoms with Gasteiger partial charge in [-0.25, -0.2) is 0 Å². The Morgan fingerprint density at radius 3 is 2.59 bits per heavy atom. The molecule has 1 aromatic carbocycles. The summed E-state index contributed by atoms with van der Waals surface area (Å²) in [5.74, 6) is 1.18. The topological polar surface area (TPSA) is 64.9 Å². The molecular formula is C18H23N3O. The van der Waals surface area contributed by atoms with Gasteiger partial charge in [0.05, 0.1) is 5.54 Å². The van der Waals surface area contributed by atoms with E-state index >= 15 is 0 Å². The molecule has 1 aromatic heterocycles. The van der Waals surface area contributed by atoms with E-state index < -0.39 is 5.54 Å². The summed E-state index contributed by atoms with van der Waals surface area (Å²) < 4.78 is 5.36. The summed E-state index contributed by atoms with van der Waals surface area (Å²) in [6.45, 7) is 4.21. The highest BCUT2D eigenvalue weighted by molar-refractivity contribution is 5.77. The van der Waals surface area contributed by atoms with Gasteiger partial charge >= 0.3 is 0 Å². The summed E-state index contributed by atoms with van der Waals surface area (Å²) in [7, 11) is 0. The molecule has 22 heavy (non-hydrogen) atoms. The SMILES string of the molecule is CCc1ccc(/C(C)=C/c2nc(C3(N)CCCC3)no2)cc1. The Bertz CT molecular complexity index is 664. The van der Waals surface area contributed by atoms with E-state index in [4.69, 9.17) is 10.3 Å². The van der Waals surface area contributed by atoms with Crippen molar-refractivity contribution in [3.8, 4) is 0 Å². The van der Waals surface area contributed by atoms with Crippen LogP contribution >= 0.6 is 0 Å². The molecule has 1 heterocycles. The highest BCUT2D eigenvalue weighted by Crippen LogP contribution is 2.34. The molecule has 0 saturated heterocycles.